The van der Waals surface area contributed by atoms with Gasteiger partial charge in [0.2, 0.25) is 0 Å². The standard InChI is InChI=1S/C3H8OS.CH4/c1-2-3(4)5;/h3-5H,2H2,1H3;1H4. The van der Waals surface area contributed by atoms with Gasteiger partial charge in [0.05, 0.1) is 5.44 Å². The molecule has 0 aliphatic heterocycles. The Morgan fingerprint density at radius 1 is 1.83 bits per heavy atom. The van der Waals surface area contributed by atoms with Crippen molar-refractivity contribution in [1.29, 1.82) is 0 Å². The third-order valence-electron chi connectivity index (χ3n) is 0.365. The molecule has 1 nitrogen and oxygen atoms in total. The van der Waals surface area contributed by atoms with Crippen molar-refractivity contribution in [2.45, 2.75) is 26.2 Å². The second kappa shape index (κ2) is 5.31. The largest absolute Gasteiger partial charge is 0.383 e. The molecular weight excluding hydrogens is 96.1 g/mol. The molecule has 0 rings (SSSR count). The van der Waals surface area contributed by atoms with Gasteiger partial charge in [-0.3, -0.25) is 0 Å². The summed E-state index contributed by atoms with van der Waals surface area (Å²) in [4.78, 5) is 0. The summed E-state index contributed by atoms with van der Waals surface area (Å²) in [6.45, 7) is 1.87. The topological polar surface area (TPSA) is 20.2 Å². The normalized spacial score (nSPS) is 12.5. The van der Waals surface area contributed by atoms with Crippen LogP contribution in [0, 0.1) is 0 Å². The maximum Gasteiger partial charge on any atom is 0.0962 e. The Morgan fingerprint density at radius 3 is 2.00 bits per heavy atom. The minimum atomic E-state index is -0.421. The zero-order chi connectivity index (χ0) is 4.28. The van der Waals surface area contributed by atoms with Crippen LogP contribution in [0.25, 0.3) is 0 Å². The summed E-state index contributed by atoms with van der Waals surface area (Å²) in [6, 6.07) is 0. The van der Waals surface area contributed by atoms with E-state index in [9.17, 15) is 0 Å². The molecule has 1 N–H and O–H groups in total. The number of aliphatic hydroxyl groups is 1. The van der Waals surface area contributed by atoms with Crippen molar-refractivity contribution in [1.82, 2.24) is 0 Å². The number of rotatable bonds is 1. The van der Waals surface area contributed by atoms with Crippen molar-refractivity contribution < 1.29 is 5.11 Å². The van der Waals surface area contributed by atoms with Gasteiger partial charge in [-0.05, 0) is 6.42 Å². The average molecular weight is 108 g/mol. The molecule has 6 heavy (non-hydrogen) atoms. The van der Waals surface area contributed by atoms with E-state index >= 15 is 0 Å². The molecule has 0 spiro atoms. The lowest BCUT2D eigenvalue weighted by Crippen LogP contribution is -1.88. The molecule has 0 aromatic heterocycles. The Morgan fingerprint density at radius 2 is 2.00 bits per heavy atom. The van der Waals surface area contributed by atoms with Crippen LogP contribution in [-0.2, 0) is 0 Å². The van der Waals surface area contributed by atoms with Crippen molar-refractivity contribution in [3.63, 3.8) is 0 Å². The quantitative estimate of drug-likeness (QED) is 0.383. The lowest BCUT2D eigenvalue weighted by atomic mass is 10.5. The van der Waals surface area contributed by atoms with Gasteiger partial charge in [0.1, 0.15) is 0 Å². The van der Waals surface area contributed by atoms with E-state index in [2.05, 4.69) is 12.6 Å². The Bertz CT molecular complexity index is 21.5. The van der Waals surface area contributed by atoms with E-state index in [0.29, 0.717) is 0 Å². The molecule has 0 aliphatic carbocycles. The molecular formula is C4H12OS. The van der Waals surface area contributed by atoms with Crippen LogP contribution in [0.4, 0.5) is 0 Å². The number of hydrogen-bond acceptors (Lipinski definition) is 2. The number of thiol groups is 1. The Balaban J connectivity index is 0. The first-order chi connectivity index (χ1) is 2.27. The molecule has 0 aromatic rings. The van der Waals surface area contributed by atoms with Crippen LogP contribution in [0.15, 0.2) is 0 Å². The fourth-order valence-corrected chi connectivity index (χ4v) is 0. The summed E-state index contributed by atoms with van der Waals surface area (Å²) in [5.41, 5.74) is -0.421. The van der Waals surface area contributed by atoms with Gasteiger partial charge in [-0.15, -0.1) is 12.6 Å². The molecule has 0 fully saturated rings. The minimum absolute atomic E-state index is 0. The van der Waals surface area contributed by atoms with Crippen LogP contribution in [0.1, 0.15) is 20.8 Å². The van der Waals surface area contributed by atoms with E-state index in [1.54, 1.807) is 0 Å². The first-order valence-electron chi connectivity index (χ1n) is 1.63. The highest BCUT2D eigenvalue weighted by Crippen LogP contribution is 1.90. The fraction of sp³-hybridized carbons (Fsp3) is 1.00. The maximum atomic E-state index is 8.23. The summed E-state index contributed by atoms with van der Waals surface area (Å²) in [5.74, 6) is 0. The number of hydrogen-bond donors (Lipinski definition) is 2. The zero-order valence-electron chi connectivity index (χ0n) is 3.18. The molecule has 0 bridgehead atoms. The van der Waals surface area contributed by atoms with Gasteiger partial charge < -0.3 is 5.11 Å². The van der Waals surface area contributed by atoms with Gasteiger partial charge >= 0.3 is 0 Å². The molecule has 0 aliphatic rings. The predicted octanol–water partition coefficient (Wildman–Crippen LogP) is 1.28. The smallest absolute Gasteiger partial charge is 0.0962 e. The van der Waals surface area contributed by atoms with E-state index in [-0.39, 0.29) is 7.43 Å². The fourth-order valence-electron chi connectivity index (χ4n) is 0. The van der Waals surface area contributed by atoms with E-state index in [0.717, 1.165) is 6.42 Å². The average Bonchev–Trinajstić information content (AvgIpc) is 1.38. The van der Waals surface area contributed by atoms with Crippen LogP contribution < -0.4 is 0 Å². The summed E-state index contributed by atoms with van der Waals surface area (Å²) in [5, 5.41) is 8.23. The molecule has 0 radical (unpaired) electrons. The Kier molecular flexibility index (Phi) is 8.48. The van der Waals surface area contributed by atoms with Crippen molar-refractivity contribution >= 4 is 12.6 Å². The molecule has 0 saturated heterocycles. The Labute approximate surface area is 44.8 Å². The molecule has 0 aromatic carbocycles. The lowest BCUT2D eigenvalue weighted by Gasteiger charge is -1.89. The third kappa shape index (κ3) is 8.85. The highest BCUT2D eigenvalue weighted by Gasteiger charge is 1.82. The van der Waals surface area contributed by atoms with Gasteiger partial charge in [0.15, 0.2) is 0 Å². The van der Waals surface area contributed by atoms with Crippen LogP contribution in [-0.4, -0.2) is 10.5 Å². The number of aliphatic hydroxyl groups excluding tert-OH is 1. The first kappa shape index (κ1) is 9.58. The molecule has 1 unspecified atom stereocenters. The van der Waals surface area contributed by atoms with Crippen molar-refractivity contribution in [2.24, 2.45) is 0 Å². The Hall–Kier alpha value is 0.310. The maximum absolute atomic E-state index is 8.23. The van der Waals surface area contributed by atoms with E-state index in [1.165, 1.54) is 0 Å². The molecule has 2 heteroatoms. The van der Waals surface area contributed by atoms with Crippen LogP contribution in [0.2, 0.25) is 0 Å². The van der Waals surface area contributed by atoms with E-state index < -0.39 is 5.44 Å². The van der Waals surface area contributed by atoms with Gasteiger partial charge in [0.25, 0.3) is 0 Å². The second-order valence-corrected chi connectivity index (χ2v) is 1.48. The van der Waals surface area contributed by atoms with Crippen LogP contribution in [0.5, 0.6) is 0 Å². The summed E-state index contributed by atoms with van der Waals surface area (Å²) in [6.07, 6.45) is 0.725. The van der Waals surface area contributed by atoms with Crippen LogP contribution in [0.3, 0.4) is 0 Å². The van der Waals surface area contributed by atoms with E-state index in [1.807, 2.05) is 6.92 Å². The van der Waals surface area contributed by atoms with Gasteiger partial charge in [0, 0.05) is 0 Å². The van der Waals surface area contributed by atoms with Gasteiger partial charge in [-0.25, -0.2) is 0 Å². The van der Waals surface area contributed by atoms with E-state index in [4.69, 9.17) is 5.11 Å². The van der Waals surface area contributed by atoms with Gasteiger partial charge in [-0.1, -0.05) is 14.4 Å². The zero-order valence-corrected chi connectivity index (χ0v) is 4.07. The highest BCUT2D eigenvalue weighted by molar-refractivity contribution is 7.80. The molecule has 0 saturated carbocycles. The van der Waals surface area contributed by atoms with Gasteiger partial charge in [-0.2, -0.15) is 0 Å². The molecule has 0 heterocycles. The summed E-state index contributed by atoms with van der Waals surface area (Å²) >= 11 is 3.65. The lowest BCUT2D eigenvalue weighted by molar-refractivity contribution is 0.261. The third-order valence-corrected chi connectivity index (χ3v) is 0.730. The first-order valence-corrected chi connectivity index (χ1v) is 2.15. The molecule has 0 amide bonds. The molecule has 1 atom stereocenters. The van der Waals surface area contributed by atoms with Crippen molar-refractivity contribution in [2.75, 3.05) is 0 Å². The molecule has 40 valence electrons. The van der Waals surface area contributed by atoms with Crippen LogP contribution >= 0.6 is 12.6 Å². The summed E-state index contributed by atoms with van der Waals surface area (Å²) < 4.78 is 0. The second-order valence-electron chi connectivity index (χ2n) is 0.889. The monoisotopic (exact) mass is 108 g/mol. The minimum Gasteiger partial charge on any atom is -0.383 e. The SMILES string of the molecule is C.CCC(O)S. The highest BCUT2D eigenvalue weighted by atomic mass is 32.1. The van der Waals surface area contributed by atoms with Crippen molar-refractivity contribution in [3.05, 3.63) is 0 Å². The predicted molar refractivity (Wildman–Crippen MR) is 32.0 cm³/mol. The van der Waals surface area contributed by atoms with Crippen molar-refractivity contribution in [3.8, 4) is 0 Å². The summed E-state index contributed by atoms with van der Waals surface area (Å²) in [7, 11) is 0.